The third-order valence-electron chi connectivity index (χ3n) is 3.70. The van der Waals surface area contributed by atoms with Gasteiger partial charge in [0, 0.05) is 22.5 Å². The lowest BCUT2D eigenvalue weighted by Gasteiger charge is -2.11. The Kier molecular flexibility index (Phi) is 6.03. The minimum atomic E-state index is -0.530. The first-order valence-electron chi connectivity index (χ1n) is 8.04. The van der Waals surface area contributed by atoms with Crippen molar-refractivity contribution in [2.24, 2.45) is 0 Å². The van der Waals surface area contributed by atoms with E-state index in [4.69, 9.17) is 27.9 Å². The van der Waals surface area contributed by atoms with Crippen LogP contribution in [-0.4, -0.2) is 17.4 Å². The van der Waals surface area contributed by atoms with Crippen molar-refractivity contribution < 1.29 is 19.4 Å². The average molecular weight is 417 g/mol. The van der Waals surface area contributed by atoms with Gasteiger partial charge in [-0.05, 0) is 54.6 Å². The zero-order valence-corrected chi connectivity index (χ0v) is 15.8. The summed E-state index contributed by atoms with van der Waals surface area (Å²) in [6, 6.07) is 15.8. The number of ether oxygens (including phenoxy) is 1. The molecule has 8 heteroatoms. The Balaban J connectivity index is 1.72. The number of hydrogen-bond acceptors (Lipinski definition) is 4. The van der Waals surface area contributed by atoms with E-state index in [9.17, 15) is 14.7 Å². The van der Waals surface area contributed by atoms with E-state index in [0.29, 0.717) is 39.3 Å². The number of carbonyl (C=O) groups is 2. The Morgan fingerprint density at radius 1 is 0.964 bits per heavy atom. The van der Waals surface area contributed by atoms with E-state index in [2.05, 4.69) is 10.6 Å². The quantitative estimate of drug-likeness (QED) is 0.475. The second kappa shape index (κ2) is 8.65. The topological polar surface area (TPSA) is 87.7 Å². The van der Waals surface area contributed by atoms with Crippen LogP contribution in [0.3, 0.4) is 0 Å². The van der Waals surface area contributed by atoms with Gasteiger partial charge in [0.2, 0.25) is 6.41 Å². The van der Waals surface area contributed by atoms with Gasteiger partial charge in [0.15, 0.2) is 0 Å². The van der Waals surface area contributed by atoms with Crippen molar-refractivity contribution in [1.82, 2.24) is 0 Å². The highest BCUT2D eigenvalue weighted by atomic mass is 35.5. The molecule has 0 saturated carbocycles. The van der Waals surface area contributed by atoms with Gasteiger partial charge in [-0.15, -0.1) is 0 Å². The molecule has 0 spiro atoms. The van der Waals surface area contributed by atoms with Crippen molar-refractivity contribution in [3.05, 3.63) is 76.3 Å². The van der Waals surface area contributed by atoms with Gasteiger partial charge in [-0.25, -0.2) is 0 Å². The zero-order valence-electron chi connectivity index (χ0n) is 14.3. The molecule has 28 heavy (non-hydrogen) atoms. The molecule has 0 saturated heterocycles. The van der Waals surface area contributed by atoms with Crippen LogP contribution in [0.15, 0.2) is 60.7 Å². The SMILES string of the molecule is O=CNc1ccc(C(=O)Nc2ccc(Oc3ccc(Cl)cc3)c(Cl)c2)c(O)c1. The van der Waals surface area contributed by atoms with E-state index in [1.807, 2.05) is 0 Å². The highest BCUT2D eigenvalue weighted by Crippen LogP contribution is 2.32. The van der Waals surface area contributed by atoms with Gasteiger partial charge in [0.05, 0.1) is 10.6 Å². The lowest BCUT2D eigenvalue weighted by molar-refractivity contribution is -0.105. The Morgan fingerprint density at radius 2 is 1.68 bits per heavy atom. The van der Waals surface area contributed by atoms with Crippen molar-refractivity contribution in [3.63, 3.8) is 0 Å². The van der Waals surface area contributed by atoms with E-state index < -0.39 is 5.91 Å². The number of rotatable bonds is 6. The predicted octanol–water partition coefficient (Wildman–Crippen LogP) is 5.31. The third-order valence-corrected chi connectivity index (χ3v) is 4.25. The molecule has 2 amide bonds. The largest absolute Gasteiger partial charge is 0.507 e. The Hall–Kier alpha value is -3.22. The van der Waals surface area contributed by atoms with Crippen LogP contribution in [0.25, 0.3) is 0 Å². The summed E-state index contributed by atoms with van der Waals surface area (Å²) >= 11 is 12.1. The maximum Gasteiger partial charge on any atom is 0.259 e. The fourth-order valence-corrected chi connectivity index (χ4v) is 2.72. The lowest BCUT2D eigenvalue weighted by atomic mass is 10.1. The fourth-order valence-electron chi connectivity index (χ4n) is 2.37. The first kappa shape index (κ1) is 19.5. The van der Waals surface area contributed by atoms with Gasteiger partial charge in [-0.1, -0.05) is 23.2 Å². The van der Waals surface area contributed by atoms with Crippen LogP contribution in [0.2, 0.25) is 10.0 Å². The number of halogens is 2. The second-order valence-electron chi connectivity index (χ2n) is 5.65. The molecule has 0 aromatic heterocycles. The molecule has 0 fully saturated rings. The van der Waals surface area contributed by atoms with Crippen molar-refractivity contribution in [2.45, 2.75) is 0 Å². The Bertz CT molecular complexity index is 1020. The third kappa shape index (κ3) is 4.73. The maximum absolute atomic E-state index is 12.4. The van der Waals surface area contributed by atoms with Crippen LogP contribution >= 0.6 is 23.2 Å². The second-order valence-corrected chi connectivity index (χ2v) is 6.49. The maximum atomic E-state index is 12.4. The highest BCUT2D eigenvalue weighted by Gasteiger charge is 2.13. The number of benzene rings is 3. The number of hydrogen-bond donors (Lipinski definition) is 3. The number of phenols is 1. The number of amides is 2. The molecule has 142 valence electrons. The summed E-state index contributed by atoms with van der Waals surface area (Å²) in [5.74, 6) is 0.182. The van der Waals surface area contributed by atoms with Crippen LogP contribution in [0, 0.1) is 0 Å². The van der Waals surface area contributed by atoms with Gasteiger partial charge >= 0.3 is 0 Å². The summed E-state index contributed by atoms with van der Waals surface area (Å²) < 4.78 is 5.69. The molecule has 0 atom stereocenters. The smallest absolute Gasteiger partial charge is 0.259 e. The normalized spacial score (nSPS) is 10.2. The van der Waals surface area contributed by atoms with Gasteiger partial charge in [0.1, 0.15) is 17.2 Å². The van der Waals surface area contributed by atoms with Gasteiger partial charge in [0.25, 0.3) is 5.91 Å². The molecule has 3 aromatic rings. The minimum Gasteiger partial charge on any atom is -0.507 e. The summed E-state index contributed by atoms with van der Waals surface area (Å²) in [6.07, 6.45) is 0.476. The van der Waals surface area contributed by atoms with Gasteiger partial charge < -0.3 is 20.5 Å². The van der Waals surface area contributed by atoms with E-state index in [0.717, 1.165) is 0 Å². The summed E-state index contributed by atoms with van der Waals surface area (Å²) in [6.45, 7) is 0. The summed E-state index contributed by atoms with van der Waals surface area (Å²) in [5, 5.41) is 15.9. The minimum absolute atomic E-state index is 0.0501. The van der Waals surface area contributed by atoms with E-state index in [1.54, 1.807) is 36.4 Å². The standard InChI is InChI=1S/C20H14Cl2N2O4/c21-12-1-5-15(6-2-12)28-19-8-4-14(9-17(19)22)24-20(27)16-7-3-13(23-11-25)10-18(16)26/h1-11,26H,(H,23,25)(H,24,27). The van der Waals surface area contributed by atoms with Crippen molar-refractivity contribution >= 4 is 46.9 Å². The summed E-state index contributed by atoms with van der Waals surface area (Å²) in [4.78, 5) is 22.8. The first-order valence-corrected chi connectivity index (χ1v) is 8.79. The van der Waals surface area contributed by atoms with Crippen LogP contribution < -0.4 is 15.4 Å². The molecular weight excluding hydrogens is 403 g/mol. The van der Waals surface area contributed by atoms with E-state index in [1.165, 1.54) is 24.3 Å². The van der Waals surface area contributed by atoms with Crippen molar-refractivity contribution in [3.8, 4) is 17.2 Å². The van der Waals surface area contributed by atoms with Crippen molar-refractivity contribution in [1.29, 1.82) is 0 Å². The van der Waals surface area contributed by atoms with E-state index >= 15 is 0 Å². The fraction of sp³-hybridized carbons (Fsp3) is 0. The Labute approximate surface area is 170 Å². The predicted molar refractivity (Wildman–Crippen MR) is 109 cm³/mol. The average Bonchev–Trinajstić information content (AvgIpc) is 2.66. The monoisotopic (exact) mass is 416 g/mol. The molecule has 0 unspecified atom stereocenters. The first-order chi connectivity index (χ1) is 13.5. The van der Waals surface area contributed by atoms with Gasteiger partial charge in [-0.2, -0.15) is 0 Å². The molecule has 0 heterocycles. The number of aromatic hydroxyl groups is 1. The zero-order chi connectivity index (χ0) is 20.1. The van der Waals surface area contributed by atoms with Crippen LogP contribution in [0.5, 0.6) is 17.2 Å². The summed E-state index contributed by atoms with van der Waals surface area (Å²) in [7, 11) is 0. The lowest BCUT2D eigenvalue weighted by Crippen LogP contribution is -2.12. The van der Waals surface area contributed by atoms with Crippen LogP contribution in [-0.2, 0) is 4.79 Å². The highest BCUT2D eigenvalue weighted by molar-refractivity contribution is 6.32. The van der Waals surface area contributed by atoms with E-state index in [-0.39, 0.29) is 11.3 Å². The summed E-state index contributed by atoms with van der Waals surface area (Å²) in [5.41, 5.74) is 0.845. The number of nitrogens with one attached hydrogen (secondary N) is 2. The molecule has 3 aromatic carbocycles. The number of carbonyl (C=O) groups excluding carboxylic acids is 2. The van der Waals surface area contributed by atoms with Crippen LogP contribution in [0.4, 0.5) is 11.4 Å². The molecule has 0 aliphatic heterocycles. The molecule has 0 radical (unpaired) electrons. The molecule has 0 aliphatic carbocycles. The molecule has 3 N–H and O–H groups in total. The number of anilines is 2. The molecule has 0 aliphatic rings. The van der Waals surface area contributed by atoms with Gasteiger partial charge in [-0.3, -0.25) is 9.59 Å². The molecule has 0 bridgehead atoms. The molecule has 6 nitrogen and oxygen atoms in total. The van der Waals surface area contributed by atoms with Crippen molar-refractivity contribution in [2.75, 3.05) is 10.6 Å². The number of phenolic OH excluding ortho intramolecular Hbond substituents is 1. The Morgan fingerprint density at radius 3 is 2.32 bits per heavy atom. The molecular formula is C20H14Cl2N2O4. The van der Waals surface area contributed by atoms with Crippen LogP contribution in [0.1, 0.15) is 10.4 Å². The molecule has 3 rings (SSSR count).